The largest absolute Gasteiger partial charge is 0.449 e. The van der Waals surface area contributed by atoms with E-state index in [0.29, 0.717) is 12.1 Å². The molecule has 7 heteroatoms. The quantitative estimate of drug-likeness (QED) is 0.566. The highest BCUT2D eigenvalue weighted by Crippen LogP contribution is 2.18. The molecule has 0 radical (unpaired) electrons. The smallest absolute Gasteiger partial charge is 0.341 e. The summed E-state index contributed by atoms with van der Waals surface area (Å²) in [5.74, 6) is -1.41. The van der Waals surface area contributed by atoms with Crippen molar-refractivity contribution in [2.75, 3.05) is 12.3 Å². The van der Waals surface area contributed by atoms with Crippen LogP contribution in [0.1, 0.15) is 29.8 Å². The van der Waals surface area contributed by atoms with Gasteiger partial charge in [0.25, 0.3) is 5.91 Å². The average molecular weight is 293 g/mol. The van der Waals surface area contributed by atoms with Gasteiger partial charge in [0.1, 0.15) is 0 Å². The molecule has 0 heterocycles. The van der Waals surface area contributed by atoms with Gasteiger partial charge in [0.15, 0.2) is 6.10 Å². The fourth-order valence-electron chi connectivity index (χ4n) is 1.66. The monoisotopic (exact) mass is 293 g/mol. The van der Waals surface area contributed by atoms with E-state index in [1.54, 1.807) is 32.0 Å². The highest BCUT2D eigenvalue weighted by atomic mass is 16.5. The molecule has 0 saturated heterocycles. The lowest BCUT2D eigenvalue weighted by molar-refractivity contribution is -0.127. The number of hydrogen-bond donors (Lipinski definition) is 3. The second-order valence-corrected chi connectivity index (χ2v) is 4.44. The Kier molecular flexibility index (Phi) is 5.71. The molecule has 1 atom stereocenters. The van der Waals surface area contributed by atoms with Gasteiger partial charge in [-0.25, -0.2) is 9.59 Å². The highest BCUT2D eigenvalue weighted by Gasteiger charge is 2.22. The van der Waals surface area contributed by atoms with Crippen molar-refractivity contribution >= 4 is 23.6 Å². The van der Waals surface area contributed by atoms with Crippen LogP contribution < -0.4 is 16.4 Å². The summed E-state index contributed by atoms with van der Waals surface area (Å²) < 4.78 is 5.03. The number of urea groups is 1. The lowest BCUT2D eigenvalue weighted by Crippen LogP contribution is -2.44. The molecule has 1 rings (SSSR count). The van der Waals surface area contributed by atoms with Crippen molar-refractivity contribution in [3.05, 3.63) is 29.3 Å². The molecular formula is C14H19N3O4. The van der Waals surface area contributed by atoms with Crippen molar-refractivity contribution < 1.29 is 19.1 Å². The molecule has 0 aliphatic carbocycles. The number of rotatable bonds is 4. The third kappa shape index (κ3) is 4.48. The molecule has 0 aliphatic rings. The van der Waals surface area contributed by atoms with E-state index in [1.165, 1.54) is 6.92 Å². The molecule has 114 valence electrons. The van der Waals surface area contributed by atoms with Crippen LogP contribution in [0.2, 0.25) is 0 Å². The van der Waals surface area contributed by atoms with Gasteiger partial charge >= 0.3 is 12.0 Å². The summed E-state index contributed by atoms with van der Waals surface area (Å²) in [6, 6.07) is 4.36. The standard InChI is InChI=1S/C14H19N3O4/c1-4-16-14(20)17-12(18)9(3)21-13(19)11-8(2)6-5-7-10(11)15/h5-7,9H,4,15H2,1-3H3,(H2,16,17,18,20). The maximum atomic E-state index is 12.0. The third-order valence-electron chi connectivity index (χ3n) is 2.74. The van der Waals surface area contributed by atoms with Crippen LogP contribution in [-0.2, 0) is 9.53 Å². The number of hydrogen-bond acceptors (Lipinski definition) is 5. The molecule has 0 aromatic heterocycles. The molecule has 21 heavy (non-hydrogen) atoms. The van der Waals surface area contributed by atoms with Gasteiger partial charge in [0.2, 0.25) is 0 Å². The van der Waals surface area contributed by atoms with E-state index in [0.717, 1.165) is 0 Å². The first-order chi connectivity index (χ1) is 9.86. The minimum absolute atomic E-state index is 0.218. The Labute approximate surface area is 122 Å². The molecule has 0 saturated carbocycles. The Morgan fingerprint density at radius 1 is 1.33 bits per heavy atom. The van der Waals surface area contributed by atoms with Gasteiger partial charge in [-0.2, -0.15) is 0 Å². The number of anilines is 1. The molecule has 0 bridgehead atoms. The Bertz CT molecular complexity index is 537. The number of esters is 1. The van der Waals surface area contributed by atoms with Crippen molar-refractivity contribution in [1.82, 2.24) is 10.6 Å². The summed E-state index contributed by atoms with van der Waals surface area (Å²) in [6.07, 6.45) is -1.11. The average Bonchev–Trinajstić information content (AvgIpc) is 2.38. The molecule has 0 fully saturated rings. The molecular weight excluding hydrogens is 274 g/mol. The van der Waals surface area contributed by atoms with Crippen molar-refractivity contribution in [1.29, 1.82) is 0 Å². The van der Waals surface area contributed by atoms with E-state index in [1.807, 2.05) is 0 Å². The second kappa shape index (κ2) is 7.28. The Morgan fingerprint density at radius 2 is 2.00 bits per heavy atom. The second-order valence-electron chi connectivity index (χ2n) is 4.44. The fraction of sp³-hybridized carbons (Fsp3) is 0.357. The number of benzene rings is 1. The molecule has 3 amide bonds. The van der Waals surface area contributed by atoms with Crippen LogP contribution >= 0.6 is 0 Å². The zero-order chi connectivity index (χ0) is 16.0. The fourth-order valence-corrected chi connectivity index (χ4v) is 1.66. The lowest BCUT2D eigenvalue weighted by atomic mass is 10.1. The SMILES string of the molecule is CCNC(=O)NC(=O)C(C)OC(=O)c1c(C)cccc1N. The number of aryl methyl sites for hydroxylation is 1. The topological polar surface area (TPSA) is 111 Å². The highest BCUT2D eigenvalue weighted by molar-refractivity contribution is 6.00. The van der Waals surface area contributed by atoms with Gasteiger partial charge in [0, 0.05) is 12.2 Å². The van der Waals surface area contributed by atoms with Crippen LogP contribution in [0.25, 0.3) is 0 Å². The van der Waals surface area contributed by atoms with E-state index in [-0.39, 0.29) is 11.3 Å². The number of nitrogens with one attached hydrogen (secondary N) is 2. The first kappa shape index (κ1) is 16.5. The van der Waals surface area contributed by atoms with Crippen molar-refractivity contribution in [2.45, 2.75) is 26.9 Å². The van der Waals surface area contributed by atoms with Crippen molar-refractivity contribution in [2.24, 2.45) is 0 Å². The molecule has 1 aromatic rings. The Hall–Kier alpha value is -2.57. The van der Waals surface area contributed by atoms with Gasteiger partial charge in [-0.1, -0.05) is 12.1 Å². The summed E-state index contributed by atoms with van der Waals surface area (Å²) in [5, 5.41) is 4.47. The number of amides is 3. The van der Waals surface area contributed by atoms with Crippen LogP contribution in [-0.4, -0.2) is 30.6 Å². The first-order valence-corrected chi connectivity index (χ1v) is 6.51. The maximum Gasteiger partial charge on any atom is 0.341 e. The Morgan fingerprint density at radius 3 is 2.57 bits per heavy atom. The van der Waals surface area contributed by atoms with E-state index >= 15 is 0 Å². The van der Waals surface area contributed by atoms with Crippen LogP contribution in [0.5, 0.6) is 0 Å². The van der Waals surface area contributed by atoms with Gasteiger partial charge in [-0.05, 0) is 32.4 Å². The number of nitrogens with two attached hydrogens (primary N) is 1. The number of ether oxygens (including phenoxy) is 1. The molecule has 1 aromatic carbocycles. The van der Waals surface area contributed by atoms with E-state index in [4.69, 9.17) is 10.5 Å². The zero-order valence-corrected chi connectivity index (χ0v) is 12.2. The minimum atomic E-state index is -1.11. The van der Waals surface area contributed by atoms with Crippen LogP contribution in [0, 0.1) is 6.92 Å². The van der Waals surface area contributed by atoms with Crippen LogP contribution in [0.15, 0.2) is 18.2 Å². The third-order valence-corrected chi connectivity index (χ3v) is 2.74. The van der Waals surface area contributed by atoms with Crippen LogP contribution in [0.3, 0.4) is 0 Å². The number of carbonyl (C=O) groups excluding carboxylic acids is 3. The van der Waals surface area contributed by atoms with Gasteiger partial charge in [-0.15, -0.1) is 0 Å². The summed E-state index contributed by atoms with van der Waals surface area (Å²) in [4.78, 5) is 34.9. The molecule has 4 N–H and O–H groups in total. The van der Waals surface area contributed by atoms with Crippen molar-refractivity contribution in [3.8, 4) is 0 Å². The van der Waals surface area contributed by atoms with Gasteiger partial charge in [-0.3, -0.25) is 10.1 Å². The molecule has 0 aliphatic heterocycles. The van der Waals surface area contributed by atoms with Crippen molar-refractivity contribution in [3.63, 3.8) is 0 Å². The Balaban J connectivity index is 2.70. The predicted molar refractivity (Wildman–Crippen MR) is 77.7 cm³/mol. The summed E-state index contributed by atoms with van der Waals surface area (Å²) >= 11 is 0. The predicted octanol–water partition coefficient (Wildman–Crippen LogP) is 0.968. The molecule has 1 unspecified atom stereocenters. The first-order valence-electron chi connectivity index (χ1n) is 6.51. The maximum absolute atomic E-state index is 12.0. The number of carbonyl (C=O) groups is 3. The van der Waals surface area contributed by atoms with Gasteiger partial charge < -0.3 is 15.8 Å². The number of nitrogen functional groups attached to an aromatic ring is 1. The number of imide groups is 1. The van der Waals surface area contributed by atoms with E-state index in [2.05, 4.69) is 10.6 Å². The summed E-state index contributed by atoms with van der Waals surface area (Å²) in [6.45, 7) is 5.19. The normalized spacial score (nSPS) is 11.4. The zero-order valence-electron chi connectivity index (χ0n) is 12.2. The van der Waals surface area contributed by atoms with E-state index < -0.39 is 24.0 Å². The van der Waals surface area contributed by atoms with E-state index in [9.17, 15) is 14.4 Å². The summed E-state index contributed by atoms with van der Waals surface area (Å²) in [5.41, 5.74) is 6.87. The minimum Gasteiger partial charge on any atom is -0.449 e. The van der Waals surface area contributed by atoms with Gasteiger partial charge in [0.05, 0.1) is 5.56 Å². The summed E-state index contributed by atoms with van der Waals surface area (Å²) in [7, 11) is 0. The molecule has 0 spiro atoms. The molecule has 7 nitrogen and oxygen atoms in total. The van der Waals surface area contributed by atoms with Crippen LogP contribution in [0.4, 0.5) is 10.5 Å². The lowest BCUT2D eigenvalue weighted by Gasteiger charge is -2.14.